The number of amides is 2. The van der Waals surface area contributed by atoms with E-state index in [4.69, 9.17) is 30.6 Å². The van der Waals surface area contributed by atoms with Gasteiger partial charge in [0.1, 0.15) is 7.58 Å². The predicted octanol–water partition coefficient (Wildman–Crippen LogP) is 0.629. The molecule has 2 amide bonds. The minimum atomic E-state index is -2.72. The van der Waals surface area contributed by atoms with Crippen molar-refractivity contribution in [2.24, 2.45) is 0 Å². The first kappa shape index (κ1) is 29.0. The Bertz CT molecular complexity index is 373. The van der Waals surface area contributed by atoms with E-state index < -0.39 is 8.80 Å². The number of carbonyl (C=O) groups excluding carboxylic acids is 2. The Labute approximate surface area is 167 Å². The molecule has 0 aromatic heterocycles. The Morgan fingerprint density at radius 2 is 1.62 bits per heavy atom. The Morgan fingerprint density at radius 1 is 1.12 bits per heavy atom. The average Bonchev–Trinajstić information content (AvgIpc) is 2.53. The van der Waals surface area contributed by atoms with Crippen LogP contribution in [0.25, 0.3) is 5.73 Å². The summed E-state index contributed by atoms with van der Waals surface area (Å²) in [5.74, 6) is -0.407. The first-order valence-electron chi connectivity index (χ1n) is 6.82. The molecule has 0 bridgehead atoms. The maximum atomic E-state index is 11.6. The zero-order valence-corrected chi connectivity index (χ0v) is 19.5. The Hall–Kier alpha value is 0.270. The van der Waals surface area contributed by atoms with Crippen molar-refractivity contribution >= 4 is 48.4 Å². The minimum absolute atomic E-state index is 0. The zero-order valence-electron chi connectivity index (χ0n) is 13.8. The average molecular weight is 563 g/mol. The Morgan fingerprint density at radius 3 is 2.04 bits per heavy atom. The summed E-state index contributed by atoms with van der Waals surface area (Å²) >= 11 is 4.75. The van der Waals surface area contributed by atoms with Gasteiger partial charge in [-0.05, 0) is 24.8 Å². The van der Waals surface area contributed by atoms with Crippen LogP contribution in [0.3, 0.4) is 0 Å². The van der Waals surface area contributed by atoms with E-state index >= 15 is 0 Å². The molecule has 8 nitrogen and oxygen atoms in total. The third kappa shape index (κ3) is 13.5. The van der Waals surface area contributed by atoms with Gasteiger partial charge in [0.15, 0.2) is 0 Å². The summed E-state index contributed by atoms with van der Waals surface area (Å²) < 4.78 is 15.9. The van der Waals surface area contributed by atoms with Gasteiger partial charge in [0.25, 0.3) is 0 Å². The standard InChI is InChI=1S/C11H23N3O5PSSi.B.W/c1-17-22(18-2,19-20-21)9-3-7-13-10(15)4-5-11(16)14-8-6-12;;/h12H,3-9H2,1-2H3,(H,13,15)(H,14,16);;/q-1;;. The molecule has 0 aromatic carbocycles. The molecule has 0 saturated carbocycles. The van der Waals surface area contributed by atoms with E-state index in [1.807, 2.05) is 0 Å². The van der Waals surface area contributed by atoms with E-state index in [-0.39, 0.29) is 60.7 Å². The van der Waals surface area contributed by atoms with Crippen LogP contribution in [-0.2, 0) is 55.5 Å². The molecule has 0 aromatic rings. The largest absolute Gasteiger partial charge is 0.676 e. The number of hydrogen-bond donors (Lipinski definition) is 2. The van der Waals surface area contributed by atoms with Gasteiger partial charge in [0.2, 0.25) is 11.8 Å². The number of hydrogen-bond acceptors (Lipinski definition) is 6. The van der Waals surface area contributed by atoms with Gasteiger partial charge in [0.05, 0.1) is 0 Å². The molecule has 0 aliphatic heterocycles. The first-order valence-corrected chi connectivity index (χ1v) is 10.6. The van der Waals surface area contributed by atoms with E-state index in [0.29, 0.717) is 33.1 Å². The summed E-state index contributed by atoms with van der Waals surface area (Å²) in [4.78, 5) is 22.9. The number of rotatable bonds is 13. The number of nitrogens with one attached hydrogen (secondary N) is 3. The van der Waals surface area contributed by atoms with Crippen molar-refractivity contribution < 1.29 is 43.7 Å². The second-order valence-electron chi connectivity index (χ2n) is 4.31. The van der Waals surface area contributed by atoms with E-state index in [1.165, 1.54) is 14.2 Å². The number of carbonyl (C=O) groups is 2. The van der Waals surface area contributed by atoms with Crippen LogP contribution in [0.4, 0.5) is 0 Å². The Kier molecular flexibility index (Phi) is 21.9. The van der Waals surface area contributed by atoms with E-state index in [0.717, 1.165) is 0 Å². The van der Waals surface area contributed by atoms with Gasteiger partial charge in [0, 0.05) is 69.1 Å². The Balaban J connectivity index is -0.00000220. The molecule has 3 N–H and O–H groups in total. The molecule has 24 heavy (non-hydrogen) atoms. The van der Waals surface area contributed by atoms with E-state index in [2.05, 4.69) is 10.6 Å². The molecule has 0 heterocycles. The van der Waals surface area contributed by atoms with Gasteiger partial charge < -0.3 is 29.4 Å². The van der Waals surface area contributed by atoms with Crippen LogP contribution in [-0.4, -0.2) is 62.9 Å². The van der Waals surface area contributed by atoms with E-state index in [1.54, 1.807) is 0 Å². The summed E-state index contributed by atoms with van der Waals surface area (Å²) in [6, 6.07) is 0.550. The van der Waals surface area contributed by atoms with Gasteiger partial charge in [-0.15, -0.1) is 6.54 Å². The molecule has 13 heteroatoms. The summed E-state index contributed by atoms with van der Waals surface area (Å²) in [6.45, 7) is 0.893. The predicted molar refractivity (Wildman–Crippen MR) is 94.8 cm³/mol. The summed E-state index contributed by atoms with van der Waals surface area (Å²) in [5, 5.41) is 5.27. The van der Waals surface area contributed by atoms with Gasteiger partial charge in [-0.3, -0.25) is 9.59 Å². The van der Waals surface area contributed by atoms with Crippen LogP contribution in [0.5, 0.6) is 0 Å². The van der Waals surface area contributed by atoms with Crippen LogP contribution in [0, 0.1) is 0 Å². The molecule has 137 valence electrons. The van der Waals surface area contributed by atoms with E-state index in [9.17, 15) is 9.59 Å². The van der Waals surface area contributed by atoms with Crippen LogP contribution < -0.4 is 10.6 Å². The molecular weight excluding hydrogens is 540 g/mol. The molecule has 0 fully saturated rings. The minimum Gasteiger partial charge on any atom is -0.676 e. The van der Waals surface area contributed by atoms with Crippen molar-refractivity contribution in [3.05, 3.63) is 5.73 Å². The first-order chi connectivity index (χ1) is 10.5. The summed E-state index contributed by atoms with van der Waals surface area (Å²) in [5.41, 5.74) is 6.91. The van der Waals surface area contributed by atoms with Crippen molar-refractivity contribution in [1.29, 1.82) is 0 Å². The molecule has 0 saturated heterocycles. The van der Waals surface area contributed by atoms with Gasteiger partial charge in [-0.2, -0.15) is 0 Å². The molecule has 3 radical (unpaired) electrons. The fourth-order valence-corrected chi connectivity index (χ4v) is 5.23. The zero-order chi connectivity index (χ0) is 16.8. The van der Waals surface area contributed by atoms with Crippen molar-refractivity contribution in [2.45, 2.75) is 25.3 Å². The normalized spacial score (nSPS) is 10.5. The molecule has 0 rings (SSSR count). The third-order valence-electron chi connectivity index (χ3n) is 2.81. The smallest absolute Gasteiger partial charge is 0.509 e. The van der Waals surface area contributed by atoms with Crippen molar-refractivity contribution in [3.63, 3.8) is 0 Å². The van der Waals surface area contributed by atoms with Gasteiger partial charge >= 0.3 is 8.80 Å². The van der Waals surface area contributed by atoms with Gasteiger partial charge in [-0.25, -0.2) is 0 Å². The molecule has 0 unspecified atom stereocenters. The molecular formula is C11H23BN3O5PSSiW-. The third-order valence-corrected chi connectivity index (χ3v) is 7.10. The molecule has 0 aliphatic carbocycles. The van der Waals surface area contributed by atoms with Crippen LogP contribution in [0.2, 0.25) is 6.04 Å². The molecule has 0 aliphatic rings. The summed E-state index contributed by atoms with van der Waals surface area (Å²) in [7, 11) is 0.653. The second-order valence-corrected chi connectivity index (χ2v) is 8.32. The maximum Gasteiger partial charge on any atom is 0.509 e. The fraction of sp³-hybridized carbons (Fsp3) is 0.818. The van der Waals surface area contributed by atoms with Crippen LogP contribution >= 0.6 is 7.58 Å². The maximum absolute atomic E-state index is 11.6. The van der Waals surface area contributed by atoms with Crippen molar-refractivity contribution in [2.75, 3.05) is 33.9 Å². The fourth-order valence-electron chi connectivity index (χ4n) is 1.60. The topological polar surface area (TPSA) is 110 Å². The molecule has 0 atom stereocenters. The summed E-state index contributed by atoms with van der Waals surface area (Å²) in [6.07, 6.45) is 0.885. The van der Waals surface area contributed by atoms with Crippen LogP contribution in [0.15, 0.2) is 0 Å². The van der Waals surface area contributed by atoms with Crippen molar-refractivity contribution in [3.8, 4) is 0 Å². The second kappa shape index (κ2) is 18.1. The van der Waals surface area contributed by atoms with Gasteiger partial charge in [-0.1, -0.05) is 0 Å². The quantitative estimate of drug-likeness (QED) is 0.194. The SMILES string of the molecule is CO[Si](CCCNC(=O)CCC(=O)NCC[NH-])(OC)OP=S.[B].[W]. The monoisotopic (exact) mass is 563 g/mol. The molecule has 0 spiro atoms. The van der Waals surface area contributed by atoms with Crippen LogP contribution in [0.1, 0.15) is 19.3 Å². The van der Waals surface area contributed by atoms with Crippen molar-refractivity contribution in [1.82, 2.24) is 10.6 Å².